The van der Waals surface area contributed by atoms with Crippen molar-refractivity contribution in [2.24, 2.45) is 5.92 Å². The van der Waals surface area contributed by atoms with Crippen LogP contribution < -0.4 is 10.1 Å². The molecule has 0 fully saturated rings. The maximum absolute atomic E-state index is 12.0. The molecule has 1 aromatic rings. The van der Waals surface area contributed by atoms with Gasteiger partial charge in [-0.15, -0.1) is 0 Å². The highest BCUT2D eigenvalue weighted by molar-refractivity contribution is 5.98. The van der Waals surface area contributed by atoms with Gasteiger partial charge in [0.25, 0.3) is 0 Å². The monoisotopic (exact) mass is 321 g/mol. The molecule has 0 bridgehead atoms. The number of carboxylic acid groups (broad SMARTS) is 1. The molecular weight excluding hydrogens is 298 g/mol. The van der Waals surface area contributed by atoms with Gasteiger partial charge in [0.15, 0.2) is 5.78 Å². The van der Waals surface area contributed by atoms with Crippen molar-refractivity contribution in [3.8, 4) is 5.75 Å². The number of carboxylic acids is 1. The van der Waals surface area contributed by atoms with Crippen LogP contribution in [0.3, 0.4) is 0 Å². The molecule has 0 saturated heterocycles. The van der Waals surface area contributed by atoms with E-state index in [1.807, 2.05) is 13.8 Å². The standard InChI is InChI=1S/C17H23NO5/c1-11(2)10-14(17(21)22)18-16(20)9-8-15(19)12-4-6-13(23-3)7-5-12/h4-7,11,14H,8-10H2,1-3H3,(H,18,20)(H,21,22). The molecule has 2 N–H and O–H groups in total. The summed E-state index contributed by atoms with van der Waals surface area (Å²) in [6, 6.07) is 5.71. The summed E-state index contributed by atoms with van der Waals surface area (Å²) in [4.78, 5) is 34.9. The normalized spacial score (nSPS) is 11.8. The van der Waals surface area contributed by atoms with Gasteiger partial charge in [0, 0.05) is 18.4 Å². The largest absolute Gasteiger partial charge is 0.497 e. The Balaban J connectivity index is 2.50. The Morgan fingerprint density at radius 1 is 1.13 bits per heavy atom. The minimum absolute atomic E-state index is 0.0339. The molecule has 0 aliphatic carbocycles. The summed E-state index contributed by atoms with van der Waals surface area (Å²) in [6.07, 6.45) is 0.354. The molecule has 0 spiro atoms. The molecule has 0 saturated carbocycles. The summed E-state index contributed by atoms with van der Waals surface area (Å²) < 4.78 is 5.01. The lowest BCUT2D eigenvalue weighted by molar-refractivity contribution is -0.142. The van der Waals surface area contributed by atoms with Crippen molar-refractivity contribution in [2.45, 2.75) is 39.2 Å². The highest BCUT2D eigenvalue weighted by Gasteiger charge is 2.21. The third-order valence-electron chi connectivity index (χ3n) is 3.33. The fraction of sp³-hybridized carbons (Fsp3) is 0.471. The van der Waals surface area contributed by atoms with Crippen molar-refractivity contribution in [2.75, 3.05) is 7.11 Å². The molecule has 1 amide bonds. The Labute approximate surface area is 135 Å². The second kappa shape index (κ2) is 8.92. The predicted octanol–water partition coefficient (Wildman–Crippen LogP) is 2.27. The van der Waals surface area contributed by atoms with Crippen molar-refractivity contribution in [3.05, 3.63) is 29.8 Å². The van der Waals surface area contributed by atoms with E-state index >= 15 is 0 Å². The first-order valence-electron chi connectivity index (χ1n) is 7.53. The Morgan fingerprint density at radius 3 is 2.22 bits per heavy atom. The quantitative estimate of drug-likeness (QED) is 0.681. The molecule has 126 valence electrons. The molecular formula is C17H23NO5. The lowest BCUT2D eigenvalue weighted by Gasteiger charge is -2.16. The van der Waals surface area contributed by atoms with Gasteiger partial charge >= 0.3 is 5.97 Å². The summed E-state index contributed by atoms with van der Waals surface area (Å²) in [5.74, 6) is -0.860. The number of carbonyl (C=O) groups excluding carboxylic acids is 2. The number of nitrogens with one attached hydrogen (secondary N) is 1. The van der Waals surface area contributed by atoms with Gasteiger partial charge in [-0.2, -0.15) is 0 Å². The molecule has 0 radical (unpaired) electrons. The van der Waals surface area contributed by atoms with Gasteiger partial charge in [-0.1, -0.05) is 13.8 Å². The molecule has 6 nitrogen and oxygen atoms in total. The van der Waals surface area contributed by atoms with Gasteiger partial charge < -0.3 is 15.2 Å². The maximum atomic E-state index is 12.0. The summed E-state index contributed by atoms with van der Waals surface area (Å²) >= 11 is 0. The highest BCUT2D eigenvalue weighted by Crippen LogP contribution is 2.13. The Bertz CT molecular complexity index is 551. The molecule has 0 aromatic heterocycles. The highest BCUT2D eigenvalue weighted by atomic mass is 16.5. The Kier molecular flexibility index (Phi) is 7.25. The molecule has 23 heavy (non-hydrogen) atoms. The van der Waals surface area contributed by atoms with E-state index in [2.05, 4.69) is 5.32 Å². The second-order valence-electron chi connectivity index (χ2n) is 5.74. The van der Waals surface area contributed by atoms with Crippen molar-refractivity contribution >= 4 is 17.7 Å². The summed E-state index contributed by atoms with van der Waals surface area (Å²) in [7, 11) is 1.54. The number of ether oxygens (including phenoxy) is 1. The van der Waals surface area contributed by atoms with E-state index in [0.717, 1.165) is 0 Å². The zero-order valence-electron chi connectivity index (χ0n) is 13.7. The van der Waals surface area contributed by atoms with Gasteiger partial charge in [-0.25, -0.2) is 4.79 Å². The molecule has 6 heteroatoms. The molecule has 1 rings (SSSR count). The average molecular weight is 321 g/mol. The van der Waals surface area contributed by atoms with E-state index < -0.39 is 17.9 Å². The van der Waals surface area contributed by atoms with Crippen LogP contribution in [0, 0.1) is 5.92 Å². The maximum Gasteiger partial charge on any atom is 0.326 e. The Hall–Kier alpha value is -2.37. The van der Waals surface area contributed by atoms with Gasteiger partial charge in [0.2, 0.25) is 5.91 Å². The lowest BCUT2D eigenvalue weighted by Crippen LogP contribution is -2.41. The van der Waals surface area contributed by atoms with Crippen molar-refractivity contribution in [3.63, 3.8) is 0 Å². The molecule has 1 unspecified atom stereocenters. The summed E-state index contributed by atoms with van der Waals surface area (Å²) in [5.41, 5.74) is 0.496. The second-order valence-corrected chi connectivity index (χ2v) is 5.74. The first-order valence-corrected chi connectivity index (χ1v) is 7.53. The smallest absolute Gasteiger partial charge is 0.326 e. The number of carbonyl (C=O) groups is 3. The van der Waals surface area contributed by atoms with Crippen LogP contribution >= 0.6 is 0 Å². The van der Waals surface area contributed by atoms with Crippen molar-refractivity contribution in [1.82, 2.24) is 5.32 Å². The first kappa shape index (κ1) is 18.7. The number of methoxy groups -OCH3 is 1. The zero-order chi connectivity index (χ0) is 17.4. The van der Waals surface area contributed by atoms with Crippen LogP contribution in [0.15, 0.2) is 24.3 Å². The minimum atomic E-state index is -1.06. The van der Waals surface area contributed by atoms with E-state index in [-0.39, 0.29) is 24.5 Å². The number of aliphatic carboxylic acids is 1. The average Bonchev–Trinajstić information content (AvgIpc) is 2.51. The molecule has 0 aliphatic rings. The molecule has 0 aliphatic heterocycles. The van der Waals surface area contributed by atoms with Gasteiger partial charge in [-0.05, 0) is 36.6 Å². The predicted molar refractivity (Wildman–Crippen MR) is 85.6 cm³/mol. The van der Waals surface area contributed by atoms with Crippen LogP contribution in [0.25, 0.3) is 0 Å². The fourth-order valence-corrected chi connectivity index (χ4v) is 2.11. The number of Topliss-reactive ketones (excluding diaryl/α,β-unsaturated/α-hetero) is 1. The van der Waals surface area contributed by atoms with Gasteiger partial charge in [0.1, 0.15) is 11.8 Å². The van der Waals surface area contributed by atoms with Crippen molar-refractivity contribution in [1.29, 1.82) is 0 Å². The number of ketones is 1. The SMILES string of the molecule is COc1ccc(C(=O)CCC(=O)NC(CC(C)C)C(=O)O)cc1. The van der Waals surface area contributed by atoms with E-state index in [9.17, 15) is 14.4 Å². The topological polar surface area (TPSA) is 92.7 Å². The lowest BCUT2D eigenvalue weighted by atomic mass is 10.0. The number of benzene rings is 1. The third kappa shape index (κ3) is 6.50. The fourth-order valence-electron chi connectivity index (χ4n) is 2.11. The summed E-state index contributed by atoms with van der Waals surface area (Å²) in [6.45, 7) is 3.77. The van der Waals surface area contributed by atoms with E-state index in [4.69, 9.17) is 9.84 Å². The van der Waals surface area contributed by atoms with E-state index in [1.165, 1.54) is 7.11 Å². The van der Waals surface area contributed by atoms with Gasteiger partial charge in [-0.3, -0.25) is 9.59 Å². The molecule has 1 atom stereocenters. The number of hydrogen-bond acceptors (Lipinski definition) is 4. The number of rotatable bonds is 9. The van der Waals surface area contributed by atoms with E-state index in [0.29, 0.717) is 17.7 Å². The third-order valence-corrected chi connectivity index (χ3v) is 3.33. The minimum Gasteiger partial charge on any atom is -0.497 e. The van der Waals surface area contributed by atoms with Crippen LogP contribution in [0.1, 0.15) is 43.5 Å². The van der Waals surface area contributed by atoms with Gasteiger partial charge in [0.05, 0.1) is 7.11 Å². The van der Waals surface area contributed by atoms with E-state index in [1.54, 1.807) is 24.3 Å². The summed E-state index contributed by atoms with van der Waals surface area (Å²) in [5, 5.41) is 11.5. The zero-order valence-corrected chi connectivity index (χ0v) is 13.7. The van der Waals surface area contributed by atoms with Crippen molar-refractivity contribution < 1.29 is 24.2 Å². The van der Waals surface area contributed by atoms with Crippen LogP contribution in [0.4, 0.5) is 0 Å². The van der Waals surface area contributed by atoms with Crippen LogP contribution in [-0.2, 0) is 9.59 Å². The van der Waals surface area contributed by atoms with Crippen LogP contribution in [0.5, 0.6) is 5.75 Å². The number of amides is 1. The molecule has 1 aromatic carbocycles. The number of hydrogen-bond donors (Lipinski definition) is 2. The molecule has 0 heterocycles. The first-order chi connectivity index (χ1) is 10.8. The van der Waals surface area contributed by atoms with Crippen LogP contribution in [-0.4, -0.2) is 35.9 Å². The van der Waals surface area contributed by atoms with Crippen LogP contribution in [0.2, 0.25) is 0 Å². The Morgan fingerprint density at radius 2 is 1.74 bits per heavy atom.